The molecule has 0 aromatic carbocycles. The van der Waals surface area contributed by atoms with Gasteiger partial charge in [-0.2, -0.15) is 0 Å². The number of aliphatic hydroxyl groups excluding tert-OH is 1. The number of carbonyl (C=O) groups is 1. The number of piperidine rings is 1. The number of hydrogen-bond donors (Lipinski definition) is 1. The van der Waals surface area contributed by atoms with E-state index < -0.39 is 0 Å². The molecule has 1 N–H and O–H groups in total. The predicted molar refractivity (Wildman–Crippen MR) is 87.1 cm³/mol. The molecule has 0 aliphatic carbocycles. The first-order chi connectivity index (χ1) is 9.75. The largest absolute Gasteiger partial charge is 0.396 e. The molecule has 0 saturated carbocycles. The Morgan fingerprint density at radius 2 is 1.81 bits per heavy atom. The van der Waals surface area contributed by atoms with Crippen molar-refractivity contribution in [1.29, 1.82) is 0 Å². The van der Waals surface area contributed by atoms with Gasteiger partial charge in [-0.3, -0.25) is 9.69 Å². The molecule has 0 aromatic heterocycles. The summed E-state index contributed by atoms with van der Waals surface area (Å²) in [6, 6.07) is 0. The number of amides is 1. The smallest absolute Gasteiger partial charge is 0.236 e. The van der Waals surface area contributed by atoms with Crippen molar-refractivity contribution < 1.29 is 9.90 Å². The van der Waals surface area contributed by atoms with Gasteiger partial charge in [0.15, 0.2) is 0 Å². The molecule has 1 atom stereocenters. The van der Waals surface area contributed by atoms with Crippen LogP contribution >= 0.6 is 0 Å². The Kier molecular flexibility index (Phi) is 7.14. The summed E-state index contributed by atoms with van der Waals surface area (Å²) in [5.41, 5.74) is -0.0422. The van der Waals surface area contributed by atoms with E-state index in [1.807, 2.05) is 4.90 Å². The SMILES string of the molecule is CC(C)CN(CC(C)C)C(=O)CN1CCCC(C)(CO)C1. The minimum absolute atomic E-state index is 0.0422. The molecule has 1 unspecified atom stereocenters. The highest BCUT2D eigenvalue weighted by Gasteiger charge is 2.31. The van der Waals surface area contributed by atoms with Crippen molar-refractivity contribution in [1.82, 2.24) is 9.80 Å². The van der Waals surface area contributed by atoms with Crippen molar-refractivity contribution in [2.24, 2.45) is 17.3 Å². The maximum Gasteiger partial charge on any atom is 0.236 e. The van der Waals surface area contributed by atoms with Crippen LogP contribution < -0.4 is 0 Å². The van der Waals surface area contributed by atoms with Crippen molar-refractivity contribution in [3.63, 3.8) is 0 Å². The summed E-state index contributed by atoms with van der Waals surface area (Å²) in [6.07, 6.45) is 2.12. The number of nitrogens with zero attached hydrogens (tertiary/aromatic N) is 2. The van der Waals surface area contributed by atoms with E-state index in [1.165, 1.54) is 0 Å². The fourth-order valence-electron chi connectivity index (χ4n) is 3.14. The normalized spacial score (nSPS) is 23.8. The summed E-state index contributed by atoms with van der Waals surface area (Å²) in [4.78, 5) is 16.8. The fraction of sp³-hybridized carbons (Fsp3) is 0.941. The van der Waals surface area contributed by atoms with Crippen LogP contribution in [0.5, 0.6) is 0 Å². The number of carbonyl (C=O) groups excluding carboxylic acids is 1. The van der Waals surface area contributed by atoms with Crippen LogP contribution in [-0.2, 0) is 4.79 Å². The van der Waals surface area contributed by atoms with Crippen molar-refractivity contribution in [2.45, 2.75) is 47.5 Å². The van der Waals surface area contributed by atoms with Crippen molar-refractivity contribution in [3.8, 4) is 0 Å². The molecule has 1 fully saturated rings. The van der Waals surface area contributed by atoms with E-state index in [0.717, 1.165) is 39.0 Å². The molecule has 0 spiro atoms. The second-order valence-corrected chi connectivity index (χ2v) is 7.87. The second-order valence-electron chi connectivity index (χ2n) is 7.87. The highest BCUT2D eigenvalue weighted by atomic mass is 16.3. The summed E-state index contributed by atoms with van der Waals surface area (Å²) < 4.78 is 0. The predicted octanol–water partition coefficient (Wildman–Crippen LogP) is 2.22. The van der Waals surface area contributed by atoms with Gasteiger partial charge in [0.1, 0.15) is 0 Å². The first kappa shape index (κ1) is 18.4. The minimum Gasteiger partial charge on any atom is -0.396 e. The van der Waals surface area contributed by atoms with Crippen LogP contribution in [0.2, 0.25) is 0 Å². The lowest BCUT2D eigenvalue weighted by molar-refractivity contribution is -0.134. The molecule has 0 aromatic rings. The molecule has 21 heavy (non-hydrogen) atoms. The quantitative estimate of drug-likeness (QED) is 0.784. The summed E-state index contributed by atoms with van der Waals surface area (Å²) in [7, 11) is 0. The standard InChI is InChI=1S/C17H34N2O2/c1-14(2)9-19(10-15(3)4)16(21)11-18-8-6-7-17(5,12-18)13-20/h14-15,20H,6-13H2,1-5H3. The van der Waals surface area contributed by atoms with Crippen LogP contribution in [0.4, 0.5) is 0 Å². The van der Waals surface area contributed by atoms with E-state index >= 15 is 0 Å². The topological polar surface area (TPSA) is 43.8 Å². The molecule has 1 heterocycles. The van der Waals surface area contributed by atoms with Crippen LogP contribution in [0.15, 0.2) is 0 Å². The third kappa shape index (κ3) is 6.35. The lowest BCUT2D eigenvalue weighted by Crippen LogP contribution is -2.49. The van der Waals surface area contributed by atoms with Gasteiger partial charge in [0.2, 0.25) is 5.91 Å². The third-order valence-corrected chi connectivity index (χ3v) is 4.12. The highest BCUT2D eigenvalue weighted by molar-refractivity contribution is 5.78. The van der Waals surface area contributed by atoms with E-state index in [0.29, 0.717) is 18.4 Å². The lowest BCUT2D eigenvalue weighted by atomic mass is 9.83. The van der Waals surface area contributed by atoms with Crippen molar-refractivity contribution in [3.05, 3.63) is 0 Å². The van der Waals surface area contributed by atoms with E-state index in [1.54, 1.807) is 0 Å². The first-order valence-corrected chi connectivity index (χ1v) is 8.37. The Balaban J connectivity index is 2.59. The molecule has 1 saturated heterocycles. The number of hydrogen-bond acceptors (Lipinski definition) is 3. The van der Waals surface area contributed by atoms with Gasteiger partial charge in [0.05, 0.1) is 6.54 Å². The monoisotopic (exact) mass is 298 g/mol. The number of aliphatic hydroxyl groups is 1. The molecule has 1 rings (SSSR count). The van der Waals surface area contributed by atoms with Gasteiger partial charge in [-0.1, -0.05) is 34.6 Å². The van der Waals surface area contributed by atoms with Crippen LogP contribution in [0, 0.1) is 17.3 Å². The van der Waals surface area contributed by atoms with E-state index in [4.69, 9.17) is 0 Å². The zero-order valence-corrected chi connectivity index (χ0v) is 14.6. The van der Waals surface area contributed by atoms with Crippen LogP contribution in [-0.4, -0.2) is 60.1 Å². The number of likely N-dealkylation sites (tertiary alicyclic amines) is 1. The van der Waals surface area contributed by atoms with Gasteiger partial charge < -0.3 is 10.0 Å². The Hall–Kier alpha value is -0.610. The third-order valence-electron chi connectivity index (χ3n) is 4.12. The summed E-state index contributed by atoms with van der Waals surface area (Å²) >= 11 is 0. The molecular formula is C17H34N2O2. The molecule has 4 nitrogen and oxygen atoms in total. The fourth-order valence-corrected chi connectivity index (χ4v) is 3.14. The average molecular weight is 298 g/mol. The maximum absolute atomic E-state index is 12.6. The van der Waals surface area contributed by atoms with Gasteiger partial charge in [0.25, 0.3) is 0 Å². The van der Waals surface area contributed by atoms with Gasteiger partial charge in [0, 0.05) is 31.7 Å². The molecule has 1 amide bonds. The molecule has 0 radical (unpaired) electrons. The zero-order chi connectivity index (χ0) is 16.0. The number of rotatable bonds is 7. The van der Waals surface area contributed by atoms with E-state index in [2.05, 4.69) is 39.5 Å². The summed E-state index contributed by atoms with van der Waals surface area (Å²) in [6.45, 7) is 14.9. The van der Waals surface area contributed by atoms with Crippen molar-refractivity contribution in [2.75, 3.05) is 39.3 Å². The summed E-state index contributed by atoms with van der Waals surface area (Å²) in [5, 5.41) is 9.53. The van der Waals surface area contributed by atoms with Crippen LogP contribution in [0.25, 0.3) is 0 Å². The molecule has 0 bridgehead atoms. The zero-order valence-electron chi connectivity index (χ0n) is 14.6. The molecule has 124 valence electrons. The van der Waals surface area contributed by atoms with Crippen LogP contribution in [0.1, 0.15) is 47.5 Å². The Morgan fingerprint density at radius 3 is 2.29 bits per heavy atom. The average Bonchev–Trinajstić information content (AvgIpc) is 2.37. The first-order valence-electron chi connectivity index (χ1n) is 8.37. The Labute approximate surface area is 130 Å². The van der Waals surface area contributed by atoms with Crippen LogP contribution in [0.3, 0.4) is 0 Å². The minimum atomic E-state index is -0.0422. The maximum atomic E-state index is 12.6. The Bertz CT molecular complexity index is 321. The van der Waals surface area contributed by atoms with Gasteiger partial charge in [-0.15, -0.1) is 0 Å². The van der Waals surface area contributed by atoms with E-state index in [-0.39, 0.29) is 17.9 Å². The molecule has 4 heteroatoms. The highest BCUT2D eigenvalue weighted by Crippen LogP contribution is 2.28. The van der Waals surface area contributed by atoms with E-state index in [9.17, 15) is 9.90 Å². The molecular weight excluding hydrogens is 264 g/mol. The van der Waals surface area contributed by atoms with Gasteiger partial charge in [-0.25, -0.2) is 0 Å². The Morgan fingerprint density at radius 1 is 1.24 bits per heavy atom. The van der Waals surface area contributed by atoms with Crippen molar-refractivity contribution >= 4 is 5.91 Å². The summed E-state index contributed by atoms with van der Waals surface area (Å²) in [5.74, 6) is 1.23. The molecule has 1 aliphatic rings. The van der Waals surface area contributed by atoms with Gasteiger partial charge in [-0.05, 0) is 31.2 Å². The lowest BCUT2D eigenvalue weighted by Gasteiger charge is -2.40. The second kappa shape index (κ2) is 8.14. The van der Waals surface area contributed by atoms with Gasteiger partial charge >= 0.3 is 0 Å². The molecule has 1 aliphatic heterocycles.